The average Bonchev–Trinajstić information content (AvgIpc) is 3.01. The van der Waals surface area contributed by atoms with E-state index in [9.17, 15) is 9.18 Å². The van der Waals surface area contributed by atoms with Crippen LogP contribution in [0.15, 0.2) is 34.5 Å². The molecule has 0 saturated heterocycles. The van der Waals surface area contributed by atoms with Crippen LogP contribution in [0.1, 0.15) is 60.3 Å². The van der Waals surface area contributed by atoms with Crippen LogP contribution in [0.5, 0.6) is 5.75 Å². The Morgan fingerprint density at radius 1 is 1.23 bits per heavy atom. The Hall–Kier alpha value is -2.57. The van der Waals surface area contributed by atoms with Crippen LogP contribution in [0.4, 0.5) is 9.18 Å². The van der Waals surface area contributed by atoms with Crippen LogP contribution in [0.2, 0.25) is 0 Å². The molecule has 0 atom stereocenters. The third-order valence-corrected chi connectivity index (χ3v) is 4.16. The maximum atomic E-state index is 13.1. The lowest BCUT2D eigenvalue weighted by molar-refractivity contribution is 0.0531. The van der Waals surface area contributed by atoms with Gasteiger partial charge in [0.25, 0.3) is 0 Å². The Morgan fingerprint density at radius 3 is 2.60 bits per heavy atom. The van der Waals surface area contributed by atoms with Crippen molar-refractivity contribution in [1.82, 2.24) is 10.3 Å². The number of hydrogen-bond donors (Lipinski definition) is 1. The first-order valence-corrected chi connectivity index (χ1v) is 10.2. The molecule has 30 heavy (non-hydrogen) atoms. The minimum absolute atomic E-state index is 0.00606. The summed E-state index contributed by atoms with van der Waals surface area (Å²) >= 11 is 0. The molecule has 7 heteroatoms. The zero-order valence-corrected chi connectivity index (χ0v) is 18.8. The van der Waals surface area contributed by atoms with E-state index in [1.54, 1.807) is 32.9 Å². The predicted molar refractivity (Wildman–Crippen MR) is 115 cm³/mol. The number of rotatable bonds is 8. The van der Waals surface area contributed by atoms with Crippen LogP contribution >= 0.6 is 0 Å². The summed E-state index contributed by atoms with van der Waals surface area (Å²) < 4.78 is 29.8. The molecule has 0 aliphatic heterocycles. The Morgan fingerprint density at radius 2 is 1.97 bits per heavy atom. The Labute approximate surface area is 177 Å². The lowest BCUT2D eigenvalue weighted by Gasteiger charge is -2.20. The molecule has 1 heterocycles. The minimum Gasteiger partial charge on any atom is -0.489 e. The van der Waals surface area contributed by atoms with Gasteiger partial charge in [0.2, 0.25) is 0 Å². The SMILES string of the molecule is CC(C)(C)CCCc1nc2ccc(OC/C(=C/F)CNC(=O)OC(C)(C)C)cc2o1. The molecule has 1 aromatic carbocycles. The zero-order valence-electron chi connectivity index (χ0n) is 18.8. The van der Waals surface area contributed by atoms with Crippen LogP contribution < -0.4 is 10.1 Å². The fraction of sp³-hybridized carbons (Fsp3) is 0.565. The molecular formula is C23H33FN2O4. The summed E-state index contributed by atoms with van der Waals surface area (Å²) in [6, 6.07) is 5.33. The number of alkyl carbamates (subject to hydrolysis) is 1. The van der Waals surface area contributed by atoms with E-state index in [4.69, 9.17) is 13.9 Å². The zero-order chi connectivity index (χ0) is 22.4. The van der Waals surface area contributed by atoms with Gasteiger partial charge in [-0.15, -0.1) is 0 Å². The summed E-state index contributed by atoms with van der Waals surface area (Å²) in [5.41, 5.74) is 1.35. The first-order chi connectivity index (χ1) is 13.9. The van der Waals surface area contributed by atoms with Crippen molar-refractivity contribution < 1.29 is 23.1 Å². The second kappa shape index (κ2) is 9.96. The Balaban J connectivity index is 1.88. The van der Waals surface area contributed by atoms with Gasteiger partial charge in [0.05, 0.1) is 6.33 Å². The smallest absolute Gasteiger partial charge is 0.407 e. The highest BCUT2D eigenvalue weighted by molar-refractivity contribution is 5.74. The van der Waals surface area contributed by atoms with E-state index in [1.165, 1.54) is 0 Å². The number of fused-ring (bicyclic) bond motifs is 1. The summed E-state index contributed by atoms with van der Waals surface area (Å²) in [7, 11) is 0. The monoisotopic (exact) mass is 420 g/mol. The second-order valence-corrected chi connectivity index (χ2v) is 9.56. The molecule has 6 nitrogen and oxygen atoms in total. The molecule has 1 N–H and O–H groups in total. The van der Waals surface area contributed by atoms with Gasteiger partial charge in [-0.1, -0.05) is 20.8 Å². The quantitative estimate of drug-likeness (QED) is 0.571. The molecule has 1 amide bonds. The molecule has 0 aliphatic rings. The molecule has 0 fully saturated rings. The number of carbonyl (C=O) groups is 1. The molecule has 0 aliphatic carbocycles. The van der Waals surface area contributed by atoms with Crippen molar-refractivity contribution in [2.24, 2.45) is 5.41 Å². The van der Waals surface area contributed by atoms with Gasteiger partial charge in [0, 0.05) is 24.6 Å². The van der Waals surface area contributed by atoms with Gasteiger partial charge in [-0.2, -0.15) is 0 Å². The van der Waals surface area contributed by atoms with Crippen LogP contribution in [0.25, 0.3) is 11.1 Å². The van der Waals surface area contributed by atoms with Crippen molar-refractivity contribution in [3.63, 3.8) is 0 Å². The van der Waals surface area contributed by atoms with E-state index in [-0.39, 0.29) is 24.1 Å². The number of nitrogens with one attached hydrogen (secondary N) is 1. The lowest BCUT2D eigenvalue weighted by atomic mass is 9.90. The number of halogens is 1. The fourth-order valence-corrected chi connectivity index (χ4v) is 2.72. The Kier molecular flexibility index (Phi) is 7.87. The van der Waals surface area contributed by atoms with Gasteiger partial charge in [-0.3, -0.25) is 0 Å². The normalized spacial score (nSPS) is 12.8. The highest BCUT2D eigenvalue weighted by Gasteiger charge is 2.16. The van der Waals surface area contributed by atoms with Crippen LogP contribution in [0, 0.1) is 5.41 Å². The molecular weight excluding hydrogens is 387 g/mol. The van der Waals surface area contributed by atoms with Crippen molar-refractivity contribution in [3.05, 3.63) is 36.0 Å². The van der Waals surface area contributed by atoms with Crippen molar-refractivity contribution in [3.8, 4) is 5.75 Å². The summed E-state index contributed by atoms with van der Waals surface area (Å²) in [5.74, 6) is 1.24. The van der Waals surface area contributed by atoms with Gasteiger partial charge in [0.15, 0.2) is 11.5 Å². The number of benzene rings is 1. The topological polar surface area (TPSA) is 73.6 Å². The number of aryl methyl sites for hydroxylation is 1. The van der Waals surface area contributed by atoms with E-state index in [0.717, 1.165) is 24.8 Å². The number of ether oxygens (including phenoxy) is 2. The third kappa shape index (κ3) is 8.43. The largest absolute Gasteiger partial charge is 0.489 e. The molecule has 0 radical (unpaired) electrons. The van der Waals surface area contributed by atoms with E-state index in [0.29, 0.717) is 23.6 Å². The van der Waals surface area contributed by atoms with Gasteiger partial charge in [0.1, 0.15) is 23.5 Å². The highest BCUT2D eigenvalue weighted by Crippen LogP contribution is 2.25. The predicted octanol–water partition coefficient (Wildman–Crippen LogP) is 5.95. The van der Waals surface area contributed by atoms with Gasteiger partial charge in [-0.25, -0.2) is 14.2 Å². The standard InChI is InChI=1S/C23H33FN2O4/c1-22(2,3)11-7-8-20-26-18-10-9-17(12-19(18)29-20)28-15-16(13-24)14-25-21(27)30-23(4,5)6/h9-10,12-13H,7-8,11,14-15H2,1-6H3,(H,25,27)/b16-13+. The molecule has 0 saturated carbocycles. The van der Waals surface area contributed by atoms with E-state index >= 15 is 0 Å². The maximum absolute atomic E-state index is 13.1. The first-order valence-electron chi connectivity index (χ1n) is 10.2. The van der Waals surface area contributed by atoms with Crippen LogP contribution in [-0.4, -0.2) is 29.8 Å². The van der Waals surface area contributed by atoms with Crippen molar-refractivity contribution in [1.29, 1.82) is 0 Å². The number of nitrogens with zero attached hydrogens (tertiary/aromatic N) is 1. The highest BCUT2D eigenvalue weighted by atomic mass is 19.1. The number of hydrogen-bond acceptors (Lipinski definition) is 5. The first kappa shape index (κ1) is 23.7. The van der Waals surface area contributed by atoms with Crippen molar-refractivity contribution >= 4 is 17.2 Å². The summed E-state index contributed by atoms with van der Waals surface area (Å²) in [6.07, 6.45) is 2.71. The maximum Gasteiger partial charge on any atom is 0.407 e. The number of oxazole rings is 1. The summed E-state index contributed by atoms with van der Waals surface area (Å²) in [5, 5.41) is 2.51. The molecule has 0 bridgehead atoms. The number of aromatic nitrogens is 1. The second-order valence-electron chi connectivity index (χ2n) is 9.56. The number of amides is 1. The van der Waals surface area contributed by atoms with Gasteiger partial charge in [-0.05, 0) is 51.2 Å². The van der Waals surface area contributed by atoms with Crippen LogP contribution in [0.3, 0.4) is 0 Å². The van der Waals surface area contributed by atoms with E-state index in [2.05, 4.69) is 31.1 Å². The molecule has 2 rings (SSSR count). The van der Waals surface area contributed by atoms with E-state index < -0.39 is 11.7 Å². The summed E-state index contributed by atoms with van der Waals surface area (Å²) in [4.78, 5) is 16.2. The van der Waals surface area contributed by atoms with Crippen molar-refractivity contribution in [2.75, 3.05) is 13.2 Å². The van der Waals surface area contributed by atoms with Crippen molar-refractivity contribution in [2.45, 2.75) is 66.4 Å². The summed E-state index contributed by atoms with van der Waals surface area (Å²) in [6.45, 7) is 11.9. The van der Waals surface area contributed by atoms with Gasteiger partial charge < -0.3 is 19.2 Å². The third-order valence-electron chi connectivity index (χ3n) is 4.16. The molecule has 0 spiro atoms. The van der Waals surface area contributed by atoms with Gasteiger partial charge >= 0.3 is 6.09 Å². The van der Waals surface area contributed by atoms with E-state index in [1.807, 2.05) is 6.07 Å². The molecule has 1 aromatic heterocycles. The average molecular weight is 421 g/mol. The fourth-order valence-electron chi connectivity index (χ4n) is 2.72. The molecule has 0 unspecified atom stereocenters. The molecule has 166 valence electrons. The molecule has 2 aromatic rings. The Bertz CT molecular complexity index is 875. The lowest BCUT2D eigenvalue weighted by Crippen LogP contribution is -2.34. The minimum atomic E-state index is -0.613. The van der Waals surface area contributed by atoms with Crippen LogP contribution in [-0.2, 0) is 11.2 Å². The number of carbonyl (C=O) groups excluding carboxylic acids is 1.